The highest BCUT2D eigenvalue weighted by Crippen LogP contribution is 2.30. The molecule has 0 saturated heterocycles. The molecule has 1 aromatic heterocycles. The number of amides is 2. The molecule has 66 heavy (non-hydrogen) atoms. The molecule has 368 valence electrons. The predicted octanol–water partition coefficient (Wildman–Crippen LogP) is 4.31. The number of nitrogens with one attached hydrogen (secondary N) is 3. The lowest BCUT2D eigenvalue weighted by atomic mass is 10.2. The van der Waals surface area contributed by atoms with Crippen molar-refractivity contribution in [2.24, 2.45) is 0 Å². The summed E-state index contributed by atoms with van der Waals surface area (Å²) in [6.07, 6.45) is 0.00188. The predicted molar refractivity (Wildman–Crippen MR) is 240 cm³/mol. The molecule has 0 spiro atoms. The van der Waals surface area contributed by atoms with Crippen LogP contribution in [0.2, 0.25) is 0 Å². The fraction of sp³-hybridized carbons (Fsp3) is 0.581. The highest BCUT2D eigenvalue weighted by atomic mass is 16.6. The Labute approximate surface area is 383 Å². The van der Waals surface area contributed by atoms with E-state index in [-0.39, 0.29) is 101 Å². The molecule has 0 bridgehead atoms. The maximum atomic E-state index is 12.7. The van der Waals surface area contributed by atoms with Crippen LogP contribution in [0, 0.1) is 20.2 Å². The second kappa shape index (κ2) is 32.8. The van der Waals surface area contributed by atoms with Gasteiger partial charge in [0.1, 0.15) is 23.6 Å². The van der Waals surface area contributed by atoms with Gasteiger partial charge in [-0.3, -0.25) is 34.6 Å². The number of aromatic nitrogens is 1. The van der Waals surface area contributed by atoms with Gasteiger partial charge in [-0.25, -0.2) is 9.36 Å². The number of benzene rings is 2. The number of nitro benzene ring substituents is 2. The van der Waals surface area contributed by atoms with Crippen LogP contribution in [0.3, 0.4) is 0 Å². The summed E-state index contributed by atoms with van der Waals surface area (Å²) >= 11 is 0. The number of fused-ring (bicyclic) bond motifs is 1. The molecule has 0 saturated carbocycles. The van der Waals surface area contributed by atoms with Gasteiger partial charge < -0.3 is 58.6 Å². The van der Waals surface area contributed by atoms with Crippen LogP contribution in [0.1, 0.15) is 51.0 Å². The van der Waals surface area contributed by atoms with Crippen LogP contribution in [-0.2, 0) is 47.5 Å². The minimum Gasteiger partial charge on any atom is -0.490 e. The number of methoxy groups -OCH3 is 1. The van der Waals surface area contributed by atoms with Gasteiger partial charge in [-0.15, -0.1) is 0 Å². The van der Waals surface area contributed by atoms with Crippen molar-refractivity contribution in [1.29, 1.82) is 0 Å². The quantitative estimate of drug-likeness (QED) is 0.0332. The average molecular weight is 937 g/mol. The van der Waals surface area contributed by atoms with Gasteiger partial charge in [-0.2, -0.15) is 0 Å². The number of hydrogen-bond donors (Lipinski definition) is 3. The van der Waals surface area contributed by atoms with E-state index in [0.29, 0.717) is 69.2 Å². The van der Waals surface area contributed by atoms with Crippen molar-refractivity contribution >= 4 is 52.2 Å². The third kappa shape index (κ3) is 23.4. The van der Waals surface area contributed by atoms with Crippen LogP contribution < -0.4 is 20.7 Å². The Morgan fingerprint density at radius 1 is 0.697 bits per heavy atom. The molecule has 0 unspecified atom stereocenters. The van der Waals surface area contributed by atoms with E-state index in [0.717, 1.165) is 12.7 Å². The fourth-order valence-electron chi connectivity index (χ4n) is 5.36. The zero-order valence-electron chi connectivity index (χ0n) is 38.3. The third-order valence-corrected chi connectivity index (χ3v) is 8.46. The lowest BCUT2D eigenvalue weighted by molar-refractivity contribution is -0.393. The molecule has 3 rings (SSSR count). The SMILES string of the molecule is CC(C)(C)OC(=O)n1c(C=O)cc2c(OCCOCCOCCOCCNC(=O)CCC(=O)NCCOCCOCCOCCNc3ccc([N+](=O)[O-])cc3[N+](=O)[O-])cccc21.CCOC. The van der Waals surface area contributed by atoms with E-state index in [2.05, 4.69) is 20.7 Å². The number of carbonyl (C=O) groups is 4. The van der Waals surface area contributed by atoms with E-state index >= 15 is 0 Å². The van der Waals surface area contributed by atoms with Crippen LogP contribution in [0.15, 0.2) is 42.5 Å². The molecule has 23 nitrogen and oxygen atoms in total. The summed E-state index contributed by atoms with van der Waals surface area (Å²) in [6.45, 7) is 12.6. The van der Waals surface area contributed by atoms with Crippen molar-refractivity contribution in [1.82, 2.24) is 15.2 Å². The average Bonchev–Trinajstić information content (AvgIpc) is 3.68. The van der Waals surface area contributed by atoms with Crippen LogP contribution >= 0.6 is 0 Å². The van der Waals surface area contributed by atoms with E-state index in [1.54, 1.807) is 52.1 Å². The first-order valence-corrected chi connectivity index (χ1v) is 21.3. The first kappa shape index (κ1) is 56.3. The standard InChI is InChI=1S/C40H56N6O16.C3H8O/c1-40(2,3)62-39(50)44-31(29-47)27-32-34(44)5-4-6-36(32)61-26-25-60-24-23-59-22-19-57-16-13-43-38(49)10-9-37(48)42-12-15-56-18-21-58-20-17-55-14-11-41-33-8-7-30(45(51)52)28-35(33)46(53)54;1-3-4-2/h4-8,27-29,41H,9-26H2,1-3H3,(H,42,48)(H,43,49);3H2,1-2H3. The van der Waals surface area contributed by atoms with Gasteiger partial charge in [0.2, 0.25) is 11.8 Å². The fourth-order valence-corrected chi connectivity index (χ4v) is 5.36. The zero-order chi connectivity index (χ0) is 48.6. The summed E-state index contributed by atoms with van der Waals surface area (Å²) < 4.78 is 49.8. The maximum Gasteiger partial charge on any atom is 0.419 e. The van der Waals surface area contributed by atoms with E-state index < -0.39 is 27.2 Å². The number of anilines is 1. The van der Waals surface area contributed by atoms with Gasteiger partial charge in [0.15, 0.2) is 6.29 Å². The molecule has 3 aromatic rings. The minimum absolute atomic E-state index is 0.0283. The Morgan fingerprint density at radius 3 is 1.67 bits per heavy atom. The summed E-state index contributed by atoms with van der Waals surface area (Å²) in [5, 5.41) is 30.8. The van der Waals surface area contributed by atoms with Crippen molar-refractivity contribution in [3.63, 3.8) is 0 Å². The van der Waals surface area contributed by atoms with Gasteiger partial charge in [-0.1, -0.05) is 6.07 Å². The van der Waals surface area contributed by atoms with Crippen LogP contribution in [0.4, 0.5) is 21.9 Å². The van der Waals surface area contributed by atoms with Gasteiger partial charge >= 0.3 is 6.09 Å². The zero-order valence-corrected chi connectivity index (χ0v) is 38.3. The Kier molecular flexibility index (Phi) is 28.0. The third-order valence-electron chi connectivity index (χ3n) is 8.46. The molecule has 0 aliphatic rings. The number of nitro groups is 2. The van der Waals surface area contributed by atoms with Crippen molar-refractivity contribution in [2.75, 3.05) is 125 Å². The maximum absolute atomic E-state index is 12.7. The van der Waals surface area contributed by atoms with E-state index in [1.807, 2.05) is 6.92 Å². The van der Waals surface area contributed by atoms with Crippen molar-refractivity contribution < 1.29 is 71.7 Å². The topological polar surface area (TPSA) is 279 Å². The van der Waals surface area contributed by atoms with Crippen LogP contribution in [-0.4, -0.2) is 163 Å². The molecule has 2 amide bonds. The molecular weight excluding hydrogens is 872 g/mol. The normalized spacial score (nSPS) is 11.0. The van der Waals surface area contributed by atoms with Crippen molar-refractivity contribution in [3.8, 4) is 5.75 Å². The van der Waals surface area contributed by atoms with Crippen molar-refractivity contribution in [3.05, 3.63) is 68.4 Å². The van der Waals surface area contributed by atoms with Crippen LogP contribution in [0.25, 0.3) is 10.9 Å². The first-order valence-electron chi connectivity index (χ1n) is 21.3. The molecular formula is C43H64N6O17. The highest BCUT2D eigenvalue weighted by molar-refractivity contribution is 5.99. The van der Waals surface area contributed by atoms with E-state index in [4.69, 9.17) is 37.9 Å². The largest absolute Gasteiger partial charge is 0.490 e. The van der Waals surface area contributed by atoms with Gasteiger partial charge in [0.25, 0.3) is 11.4 Å². The highest BCUT2D eigenvalue weighted by Gasteiger charge is 2.23. The van der Waals surface area contributed by atoms with Crippen molar-refractivity contribution in [2.45, 2.75) is 46.1 Å². The summed E-state index contributed by atoms with van der Waals surface area (Å²) in [6, 6.07) is 10.1. The second-order valence-corrected chi connectivity index (χ2v) is 14.6. The monoisotopic (exact) mass is 936 g/mol. The summed E-state index contributed by atoms with van der Waals surface area (Å²) in [7, 11) is 1.68. The number of nitrogens with zero attached hydrogens (tertiary/aromatic N) is 3. The van der Waals surface area contributed by atoms with Gasteiger partial charge in [0, 0.05) is 57.6 Å². The molecule has 1 heterocycles. The molecule has 2 aromatic carbocycles. The summed E-state index contributed by atoms with van der Waals surface area (Å²) in [4.78, 5) is 69.1. The Balaban J connectivity index is 0.00000358. The van der Waals surface area contributed by atoms with Gasteiger partial charge in [0.05, 0.1) is 106 Å². The first-order chi connectivity index (χ1) is 31.7. The Hall–Kier alpha value is -5.82. The molecule has 3 N–H and O–H groups in total. The molecule has 0 aliphatic carbocycles. The van der Waals surface area contributed by atoms with E-state index in [9.17, 15) is 39.4 Å². The molecule has 0 radical (unpaired) electrons. The molecule has 0 fully saturated rings. The van der Waals surface area contributed by atoms with E-state index in [1.165, 1.54) is 16.7 Å². The number of hydrogen-bond acceptors (Lipinski definition) is 18. The lowest BCUT2D eigenvalue weighted by Gasteiger charge is -2.20. The Bertz CT molecular complexity index is 1940. The Morgan fingerprint density at radius 2 is 1.20 bits per heavy atom. The number of ether oxygens (including phenoxy) is 9. The smallest absolute Gasteiger partial charge is 0.419 e. The van der Waals surface area contributed by atoms with Crippen LogP contribution in [0.5, 0.6) is 5.75 Å². The number of rotatable bonds is 33. The number of non-ortho nitro benzene ring substituents is 1. The van der Waals surface area contributed by atoms with Gasteiger partial charge in [-0.05, 0) is 52.0 Å². The molecule has 23 heteroatoms. The number of aldehydes is 1. The molecule has 0 atom stereocenters. The molecule has 0 aliphatic heterocycles. The summed E-state index contributed by atoms with van der Waals surface area (Å²) in [5.74, 6) is -0.0514. The number of carbonyl (C=O) groups excluding carboxylic acids is 4. The summed E-state index contributed by atoms with van der Waals surface area (Å²) in [5.41, 5.74) is -0.692. The second-order valence-electron chi connectivity index (χ2n) is 14.6. The minimum atomic E-state index is -0.728. The lowest BCUT2D eigenvalue weighted by Crippen LogP contribution is -2.31.